The van der Waals surface area contributed by atoms with Crippen molar-refractivity contribution in [3.63, 3.8) is 0 Å². The normalized spacial score (nSPS) is 17.4. The van der Waals surface area contributed by atoms with Crippen LogP contribution in [0.1, 0.15) is 11.1 Å². The minimum Gasteiger partial charge on any atom is -0.488 e. The molecule has 1 heterocycles. The topological polar surface area (TPSA) is 44.5 Å². The highest BCUT2D eigenvalue weighted by Crippen LogP contribution is 2.34. The number of fused-ring (bicyclic) bond motifs is 1. The highest BCUT2D eigenvalue weighted by Gasteiger charge is 2.20. The van der Waals surface area contributed by atoms with E-state index in [9.17, 15) is 0 Å². The van der Waals surface area contributed by atoms with Gasteiger partial charge in [-0.25, -0.2) is 0 Å². The highest BCUT2D eigenvalue weighted by molar-refractivity contribution is 5.48. The van der Waals surface area contributed by atoms with Gasteiger partial charge in [-0.3, -0.25) is 0 Å². The minimum absolute atomic E-state index is 0.0804. The van der Waals surface area contributed by atoms with E-state index in [4.69, 9.17) is 15.2 Å². The molecule has 0 spiro atoms. The molecular formula is C16H17NO2. The summed E-state index contributed by atoms with van der Waals surface area (Å²) in [5.41, 5.74) is 8.17. The van der Waals surface area contributed by atoms with Crippen molar-refractivity contribution in [1.82, 2.24) is 0 Å². The van der Waals surface area contributed by atoms with Crippen LogP contribution in [-0.4, -0.2) is 12.6 Å². The van der Waals surface area contributed by atoms with E-state index >= 15 is 0 Å². The first-order chi connectivity index (χ1) is 9.33. The molecule has 3 heteroatoms. The van der Waals surface area contributed by atoms with Gasteiger partial charge in [-0.05, 0) is 23.6 Å². The summed E-state index contributed by atoms with van der Waals surface area (Å²) in [5.74, 6) is 1.65. The van der Waals surface area contributed by atoms with Gasteiger partial charge in [0.1, 0.15) is 13.2 Å². The quantitative estimate of drug-likeness (QED) is 0.916. The molecule has 1 aliphatic rings. The Bertz CT molecular complexity index is 554. The molecule has 3 rings (SSSR count). The zero-order chi connectivity index (χ0) is 13.1. The number of hydrogen-bond acceptors (Lipinski definition) is 3. The lowest BCUT2D eigenvalue weighted by Gasteiger charge is -2.24. The SMILES string of the molecule is NC1COc2c(cccc2OCc2ccccc2)C1. The van der Waals surface area contributed by atoms with Crippen LogP contribution in [0, 0.1) is 0 Å². The molecule has 0 aliphatic carbocycles. The van der Waals surface area contributed by atoms with Gasteiger partial charge in [-0.2, -0.15) is 0 Å². The molecule has 2 N–H and O–H groups in total. The largest absolute Gasteiger partial charge is 0.488 e. The molecule has 1 aliphatic heterocycles. The van der Waals surface area contributed by atoms with Gasteiger partial charge < -0.3 is 15.2 Å². The van der Waals surface area contributed by atoms with Crippen molar-refractivity contribution in [3.8, 4) is 11.5 Å². The van der Waals surface area contributed by atoms with Crippen molar-refractivity contribution >= 4 is 0 Å². The van der Waals surface area contributed by atoms with Gasteiger partial charge in [0.25, 0.3) is 0 Å². The third kappa shape index (κ3) is 2.71. The van der Waals surface area contributed by atoms with Crippen LogP contribution in [0.15, 0.2) is 48.5 Å². The average molecular weight is 255 g/mol. The molecule has 0 amide bonds. The molecular weight excluding hydrogens is 238 g/mol. The summed E-state index contributed by atoms with van der Waals surface area (Å²) in [6, 6.07) is 16.2. The molecule has 1 atom stereocenters. The summed E-state index contributed by atoms with van der Waals surface area (Å²) in [7, 11) is 0. The summed E-state index contributed by atoms with van der Waals surface area (Å²) in [6.07, 6.45) is 0.845. The second kappa shape index (κ2) is 5.33. The highest BCUT2D eigenvalue weighted by atomic mass is 16.5. The lowest BCUT2D eigenvalue weighted by molar-refractivity contribution is 0.232. The van der Waals surface area contributed by atoms with Gasteiger partial charge in [-0.15, -0.1) is 0 Å². The summed E-state index contributed by atoms with van der Waals surface area (Å²) < 4.78 is 11.6. The first kappa shape index (κ1) is 12.1. The average Bonchev–Trinajstić information content (AvgIpc) is 2.45. The van der Waals surface area contributed by atoms with Crippen LogP contribution in [0.25, 0.3) is 0 Å². The smallest absolute Gasteiger partial charge is 0.164 e. The first-order valence-electron chi connectivity index (χ1n) is 6.50. The van der Waals surface area contributed by atoms with E-state index in [0.717, 1.165) is 29.0 Å². The molecule has 2 aromatic carbocycles. The number of para-hydroxylation sites is 1. The fourth-order valence-electron chi connectivity index (χ4n) is 2.27. The summed E-state index contributed by atoms with van der Waals surface area (Å²) in [6.45, 7) is 1.10. The van der Waals surface area contributed by atoms with Crippen LogP contribution in [0.3, 0.4) is 0 Å². The second-order valence-corrected chi connectivity index (χ2v) is 4.79. The van der Waals surface area contributed by atoms with Crippen molar-refractivity contribution in [3.05, 3.63) is 59.7 Å². The molecule has 0 bridgehead atoms. The summed E-state index contributed by atoms with van der Waals surface area (Å²) in [4.78, 5) is 0. The molecule has 0 saturated carbocycles. The van der Waals surface area contributed by atoms with Gasteiger partial charge in [0.05, 0.1) is 0 Å². The van der Waals surface area contributed by atoms with Crippen molar-refractivity contribution < 1.29 is 9.47 Å². The van der Waals surface area contributed by atoms with Crippen LogP contribution < -0.4 is 15.2 Å². The summed E-state index contributed by atoms with van der Waals surface area (Å²) in [5, 5.41) is 0. The predicted octanol–water partition coefficient (Wildman–Crippen LogP) is 2.53. The standard InChI is InChI=1S/C16H17NO2/c17-14-9-13-7-4-8-15(16(13)19-11-14)18-10-12-5-2-1-3-6-12/h1-8,14H,9-11,17H2. The van der Waals surface area contributed by atoms with Crippen LogP contribution in [0.4, 0.5) is 0 Å². The fraction of sp³-hybridized carbons (Fsp3) is 0.250. The number of ether oxygens (including phenoxy) is 2. The van der Waals surface area contributed by atoms with E-state index < -0.39 is 0 Å². The van der Waals surface area contributed by atoms with Crippen molar-refractivity contribution in [2.45, 2.75) is 19.1 Å². The van der Waals surface area contributed by atoms with E-state index in [0.29, 0.717) is 13.2 Å². The lowest BCUT2D eigenvalue weighted by Crippen LogP contribution is -2.33. The molecule has 0 fully saturated rings. The number of benzene rings is 2. The van der Waals surface area contributed by atoms with Gasteiger partial charge in [-0.1, -0.05) is 42.5 Å². The van der Waals surface area contributed by atoms with Crippen LogP contribution in [0.2, 0.25) is 0 Å². The Labute approximate surface area is 113 Å². The lowest BCUT2D eigenvalue weighted by atomic mass is 10.0. The van der Waals surface area contributed by atoms with Gasteiger partial charge in [0, 0.05) is 6.04 Å². The molecule has 2 aromatic rings. The Morgan fingerprint density at radius 2 is 1.95 bits per heavy atom. The van der Waals surface area contributed by atoms with Crippen molar-refractivity contribution in [2.24, 2.45) is 5.73 Å². The maximum Gasteiger partial charge on any atom is 0.164 e. The number of nitrogens with two attached hydrogens (primary N) is 1. The Morgan fingerprint density at radius 3 is 2.79 bits per heavy atom. The van der Waals surface area contributed by atoms with E-state index in [1.54, 1.807) is 0 Å². The van der Waals surface area contributed by atoms with Gasteiger partial charge >= 0.3 is 0 Å². The molecule has 0 radical (unpaired) electrons. The predicted molar refractivity (Wildman–Crippen MR) is 74.4 cm³/mol. The second-order valence-electron chi connectivity index (χ2n) is 4.79. The van der Waals surface area contributed by atoms with E-state index in [2.05, 4.69) is 0 Å². The Kier molecular flexibility index (Phi) is 3.38. The van der Waals surface area contributed by atoms with Gasteiger partial charge in [0.15, 0.2) is 11.5 Å². The fourth-order valence-corrected chi connectivity index (χ4v) is 2.27. The number of hydrogen-bond donors (Lipinski definition) is 1. The maximum absolute atomic E-state index is 5.90. The zero-order valence-electron chi connectivity index (χ0n) is 10.7. The maximum atomic E-state index is 5.90. The molecule has 98 valence electrons. The van der Waals surface area contributed by atoms with Crippen LogP contribution in [-0.2, 0) is 13.0 Å². The molecule has 0 saturated heterocycles. The first-order valence-corrected chi connectivity index (χ1v) is 6.50. The van der Waals surface area contributed by atoms with Crippen molar-refractivity contribution in [2.75, 3.05) is 6.61 Å². The van der Waals surface area contributed by atoms with Crippen LogP contribution in [0.5, 0.6) is 11.5 Å². The molecule has 0 aromatic heterocycles. The number of rotatable bonds is 3. The summed E-state index contributed by atoms with van der Waals surface area (Å²) >= 11 is 0. The molecule has 1 unspecified atom stereocenters. The molecule has 3 nitrogen and oxygen atoms in total. The Hall–Kier alpha value is -2.00. The third-order valence-electron chi connectivity index (χ3n) is 3.22. The van der Waals surface area contributed by atoms with Crippen LogP contribution >= 0.6 is 0 Å². The Balaban J connectivity index is 1.77. The monoisotopic (exact) mass is 255 g/mol. The minimum atomic E-state index is 0.0804. The van der Waals surface area contributed by atoms with E-state index in [-0.39, 0.29) is 6.04 Å². The van der Waals surface area contributed by atoms with Crippen molar-refractivity contribution in [1.29, 1.82) is 0 Å². The van der Waals surface area contributed by atoms with E-state index in [1.165, 1.54) is 0 Å². The van der Waals surface area contributed by atoms with E-state index in [1.807, 2.05) is 48.5 Å². The third-order valence-corrected chi connectivity index (χ3v) is 3.22. The Morgan fingerprint density at radius 1 is 1.11 bits per heavy atom. The van der Waals surface area contributed by atoms with Gasteiger partial charge in [0.2, 0.25) is 0 Å². The zero-order valence-corrected chi connectivity index (χ0v) is 10.7. The molecule has 19 heavy (non-hydrogen) atoms.